The predicted molar refractivity (Wildman–Crippen MR) is 56.2 cm³/mol. The van der Waals surface area contributed by atoms with Gasteiger partial charge in [0.05, 0.1) is 0 Å². The molecule has 0 aliphatic carbocycles. The summed E-state index contributed by atoms with van der Waals surface area (Å²) in [6.07, 6.45) is 1.01. The van der Waals surface area contributed by atoms with Gasteiger partial charge in [0, 0.05) is 19.2 Å². The van der Waals surface area contributed by atoms with E-state index in [9.17, 15) is 0 Å². The minimum atomic E-state index is 0.542. The van der Waals surface area contributed by atoms with Crippen LogP contribution in [0.1, 0.15) is 12.0 Å². The van der Waals surface area contributed by atoms with E-state index >= 15 is 0 Å². The van der Waals surface area contributed by atoms with E-state index in [1.165, 1.54) is 0 Å². The molecule has 1 aliphatic rings. The highest BCUT2D eigenvalue weighted by Gasteiger charge is 2.17. The number of rotatable bonds is 0. The first-order chi connectivity index (χ1) is 6.18. The highest BCUT2D eigenvalue weighted by atomic mass is 35.5. The van der Waals surface area contributed by atoms with Crippen molar-refractivity contribution in [3.63, 3.8) is 0 Å². The van der Waals surface area contributed by atoms with Crippen molar-refractivity contribution >= 4 is 23.0 Å². The van der Waals surface area contributed by atoms with Crippen molar-refractivity contribution in [3.8, 4) is 0 Å². The summed E-state index contributed by atoms with van der Waals surface area (Å²) < 4.78 is 0. The van der Waals surface area contributed by atoms with Crippen LogP contribution in [0.2, 0.25) is 5.15 Å². The van der Waals surface area contributed by atoms with Gasteiger partial charge in [-0.2, -0.15) is 0 Å². The summed E-state index contributed by atoms with van der Waals surface area (Å²) in [6, 6.07) is 3.80. The van der Waals surface area contributed by atoms with Crippen molar-refractivity contribution in [2.24, 2.45) is 0 Å². The van der Waals surface area contributed by atoms with E-state index in [0.29, 0.717) is 5.15 Å². The van der Waals surface area contributed by atoms with E-state index in [4.69, 9.17) is 11.6 Å². The monoisotopic (exact) mass is 194 g/mol. The SMILES string of the molecule is C=C1CCN(C)c2nc(Cl)ccc21. The molecular weight excluding hydrogens is 184 g/mol. The molecule has 0 spiro atoms. The Morgan fingerprint density at radius 2 is 2.31 bits per heavy atom. The van der Waals surface area contributed by atoms with Gasteiger partial charge in [-0.3, -0.25) is 0 Å². The molecule has 2 rings (SSSR count). The molecule has 3 heteroatoms. The maximum absolute atomic E-state index is 5.82. The fourth-order valence-electron chi connectivity index (χ4n) is 1.54. The van der Waals surface area contributed by atoms with E-state index < -0.39 is 0 Å². The largest absolute Gasteiger partial charge is 0.359 e. The van der Waals surface area contributed by atoms with Gasteiger partial charge in [0.2, 0.25) is 0 Å². The zero-order valence-electron chi connectivity index (χ0n) is 7.55. The quantitative estimate of drug-likeness (QED) is 0.591. The highest BCUT2D eigenvalue weighted by Crippen LogP contribution is 2.31. The molecular formula is C10H11ClN2. The fraction of sp³-hybridized carbons (Fsp3) is 0.300. The maximum Gasteiger partial charge on any atom is 0.137 e. The van der Waals surface area contributed by atoms with Gasteiger partial charge in [-0.1, -0.05) is 18.2 Å². The van der Waals surface area contributed by atoms with Crippen LogP contribution >= 0.6 is 11.6 Å². The molecule has 1 aromatic rings. The van der Waals surface area contributed by atoms with Gasteiger partial charge in [-0.25, -0.2) is 4.98 Å². The Balaban J connectivity index is 2.57. The fourth-order valence-corrected chi connectivity index (χ4v) is 1.68. The number of halogens is 1. The van der Waals surface area contributed by atoms with Gasteiger partial charge in [-0.05, 0) is 24.1 Å². The van der Waals surface area contributed by atoms with Gasteiger partial charge >= 0.3 is 0 Å². The third-order valence-electron chi connectivity index (χ3n) is 2.33. The zero-order valence-corrected chi connectivity index (χ0v) is 8.30. The first-order valence-corrected chi connectivity index (χ1v) is 4.62. The van der Waals surface area contributed by atoms with E-state index in [0.717, 1.165) is 29.9 Å². The van der Waals surface area contributed by atoms with Crippen molar-refractivity contribution < 1.29 is 0 Å². The van der Waals surface area contributed by atoms with Crippen LogP contribution in [0.4, 0.5) is 5.82 Å². The third kappa shape index (κ3) is 1.42. The number of hydrogen-bond donors (Lipinski definition) is 0. The van der Waals surface area contributed by atoms with Gasteiger partial charge in [0.15, 0.2) is 0 Å². The summed E-state index contributed by atoms with van der Waals surface area (Å²) in [5, 5.41) is 0.542. The van der Waals surface area contributed by atoms with E-state index in [2.05, 4.69) is 16.5 Å². The van der Waals surface area contributed by atoms with Gasteiger partial charge in [0.1, 0.15) is 11.0 Å². The summed E-state index contributed by atoms with van der Waals surface area (Å²) in [6.45, 7) is 4.98. The van der Waals surface area contributed by atoms with Crippen molar-refractivity contribution in [2.75, 3.05) is 18.5 Å². The lowest BCUT2D eigenvalue weighted by atomic mass is 10.0. The Kier molecular flexibility index (Phi) is 2.00. The molecule has 2 nitrogen and oxygen atoms in total. The molecule has 0 unspecified atom stereocenters. The molecule has 0 aromatic carbocycles. The Bertz CT molecular complexity index is 360. The Hall–Kier alpha value is -1.02. The molecule has 13 heavy (non-hydrogen) atoms. The number of hydrogen-bond acceptors (Lipinski definition) is 2. The van der Waals surface area contributed by atoms with Crippen LogP contribution in [0.25, 0.3) is 5.57 Å². The summed E-state index contributed by atoms with van der Waals surface area (Å²) >= 11 is 5.82. The van der Waals surface area contributed by atoms with E-state index in [1.54, 1.807) is 0 Å². The number of nitrogens with zero attached hydrogens (tertiary/aromatic N) is 2. The second-order valence-corrected chi connectivity index (χ2v) is 3.67. The molecule has 0 atom stereocenters. The smallest absolute Gasteiger partial charge is 0.137 e. The minimum Gasteiger partial charge on any atom is -0.359 e. The average Bonchev–Trinajstić information content (AvgIpc) is 2.12. The molecule has 2 heterocycles. The highest BCUT2D eigenvalue weighted by molar-refractivity contribution is 6.29. The predicted octanol–water partition coefficient (Wildman–Crippen LogP) is 2.59. The minimum absolute atomic E-state index is 0.542. The van der Waals surface area contributed by atoms with Crippen LogP contribution in [-0.4, -0.2) is 18.6 Å². The number of anilines is 1. The van der Waals surface area contributed by atoms with E-state index in [-0.39, 0.29) is 0 Å². The standard InChI is InChI=1S/C10H11ClN2/c1-7-5-6-13(2)10-8(7)3-4-9(11)12-10/h3-4H,1,5-6H2,2H3. The first-order valence-electron chi connectivity index (χ1n) is 4.24. The van der Waals surface area contributed by atoms with Crippen LogP contribution in [-0.2, 0) is 0 Å². The summed E-state index contributed by atoms with van der Waals surface area (Å²) in [4.78, 5) is 6.38. The Labute approximate surface area is 82.8 Å². The molecule has 0 N–H and O–H groups in total. The van der Waals surface area contributed by atoms with Crippen molar-refractivity contribution in [1.29, 1.82) is 0 Å². The normalized spacial score (nSPS) is 15.8. The summed E-state index contributed by atoms with van der Waals surface area (Å²) in [7, 11) is 2.02. The third-order valence-corrected chi connectivity index (χ3v) is 2.54. The summed E-state index contributed by atoms with van der Waals surface area (Å²) in [5.74, 6) is 0.948. The second-order valence-electron chi connectivity index (χ2n) is 3.28. The lowest BCUT2D eigenvalue weighted by Gasteiger charge is -2.27. The van der Waals surface area contributed by atoms with Crippen LogP contribution < -0.4 is 4.90 Å². The van der Waals surface area contributed by atoms with Crippen LogP contribution in [0, 0.1) is 0 Å². The molecule has 0 fully saturated rings. The maximum atomic E-state index is 5.82. The number of aromatic nitrogens is 1. The molecule has 0 bridgehead atoms. The van der Waals surface area contributed by atoms with Crippen LogP contribution in [0.5, 0.6) is 0 Å². The lowest BCUT2D eigenvalue weighted by Crippen LogP contribution is -2.25. The molecule has 0 amide bonds. The topological polar surface area (TPSA) is 16.1 Å². The van der Waals surface area contributed by atoms with Crippen molar-refractivity contribution in [1.82, 2.24) is 4.98 Å². The average molecular weight is 195 g/mol. The molecule has 0 saturated carbocycles. The lowest BCUT2D eigenvalue weighted by molar-refractivity contribution is 0.860. The Morgan fingerprint density at radius 3 is 3.08 bits per heavy atom. The molecule has 1 aromatic heterocycles. The van der Waals surface area contributed by atoms with Gasteiger partial charge < -0.3 is 4.90 Å². The van der Waals surface area contributed by atoms with Crippen LogP contribution in [0.3, 0.4) is 0 Å². The first kappa shape index (κ1) is 8.57. The van der Waals surface area contributed by atoms with Crippen molar-refractivity contribution in [2.45, 2.75) is 6.42 Å². The molecule has 1 aliphatic heterocycles. The van der Waals surface area contributed by atoms with Gasteiger partial charge in [-0.15, -0.1) is 0 Å². The Morgan fingerprint density at radius 1 is 1.54 bits per heavy atom. The van der Waals surface area contributed by atoms with Crippen molar-refractivity contribution in [3.05, 3.63) is 29.4 Å². The number of pyridine rings is 1. The second kappa shape index (κ2) is 3.04. The van der Waals surface area contributed by atoms with E-state index in [1.807, 2.05) is 19.2 Å². The zero-order chi connectivity index (χ0) is 9.42. The summed E-state index contributed by atoms with van der Waals surface area (Å²) in [5.41, 5.74) is 2.27. The van der Waals surface area contributed by atoms with Gasteiger partial charge in [0.25, 0.3) is 0 Å². The van der Waals surface area contributed by atoms with Crippen LogP contribution in [0.15, 0.2) is 18.7 Å². The molecule has 68 valence electrons. The number of fused-ring (bicyclic) bond motifs is 1. The molecule has 0 saturated heterocycles. The molecule has 0 radical (unpaired) electrons.